The first-order valence-electron chi connectivity index (χ1n) is 8.98. The highest BCUT2D eigenvalue weighted by atomic mass is 16.6. The van der Waals surface area contributed by atoms with Crippen LogP contribution in [0.3, 0.4) is 0 Å². The van der Waals surface area contributed by atoms with Gasteiger partial charge in [-0.15, -0.1) is 0 Å². The van der Waals surface area contributed by atoms with Gasteiger partial charge in [0.2, 0.25) is 5.91 Å². The quantitative estimate of drug-likeness (QED) is 0.577. The van der Waals surface area contributed by atoms with Crippen molar-refractivity contribution >= 4 is 11.9 Å². The molecule has 0 aromatic carbocycles. The van der Waals surface area contributed by atoms with Crippen LogP contribution in [0.15, 0.2) is 12.2 Å². The maximum Gasteiger partial charge on any atom is 0.326 e. The molecule has 4 saturated carbocycles. The number of carbonyl (C=O) groups is 2. The molecule has 0 heterocycles. The van der Waals surface area contributed by atoms with Gasteiger partial charge in [-0.3, -0.25) is 9.59 Å². The molecule has 4 aliphatic rings. The van der Waals surface area contributed by atoms with E-state index in [0.29, 0.717) is 17.4 Å². The van der Waals surface area contributed by atoms with Gasteiger partial charge in [0.1, 0.15) is 12.1 Å². The lowest BCUT2D eigenvalue weighted by atomic mass is 9.49. The van der Waals surface area contributed by atoms with Gasteiger partial charge in [0, 0.05) is 12.6 Å². The van der Waals surface area contributed by atoms with Crippen LogP contribution in [-0.4, -0.2) is 36.0 Å². The molecule has 4 rings (SSSR count). The number of rotatable bonds is 5. The number of amides is 1. The van der Waals surface area contributed by atoms with Gasteiger partial charge in [-0.25, -0.2) is 0 Å². The number of likely N-dealkylation sites (N-methyl/N-ethyl adjacent to an activating group) is 1. The largest absolute Gasteiger partial charge is 0.457 e. The standard InChI is InChI=1S/C19H29NO3/c1-5-19(23-17(21)11-20(4)18(22)12(2)3)15-7-13-6-14(9-15)10-16(19)8-13/h13-16H,2,5-11H2,1,3-4H3. The Balaban J connectivity index is 1.69. The zero-order chi connectivity index (χ0) is 16.8. The average molecular weight is 319 g/mol. The molecule has 0 radical (unpaired) electrons. The van der Waals surface area contributed by atoms with E-state index in [1.807, 2.05) is 0 Å². The van der Waals surface area contributed by atoms with Gasteiger partial charge in [-0.2, -0.15) is 0 Å². The third-order valence-corrected chi connectivity index (χ3v) is 6.45. The molecule has 4 bridgehead atoms. The summed E-state index contributed by atoms with van der Waals surface area (Å²) in [5.41, 5.74) is 0.164. The highest BCUT2D eigenvalue weighted by Gasteiger charge is 2.58. The van der Waals surface area contributed by atoms with Gasteiger partial charge in [0.15, 0.2) is 0 Å². The predicted octanol–water partition coefficient (Wildman–Crippen LogP) is 3.17. The van der Waals surface area contributed by atoms with Crippen LogP contribution in [0.4, 0.5) is 0 Å². The van der Waals surface area contributed by atoms with Crippen LogP contribution in [-0.2, 0) is 14.3 Å². The lowest BCUT2D eigenvalue weighted by molar-refractivity contribution is -0.211. The van der Waals surface area contributed by atoms with Gasteiger partial charge in [0.25, 0.3) is 0 Å². The van der Waals surface area contributed by atoms with Gasteiger partial charge in [-0.1, -0.05) is 13.5 Å². The first-order valence-corrected chi connectivity index (χ1v) is 8.98. The van der Waals surface area contributed by atoms with Crippen molar-refractivity contribution in [2.45, 2.75) is 58.0 Å². The van der Waals surface area contributed by atoms with E-state index in [1.54, 1.807) is 14.0 Å². The first kappa shape index (κ1) is 16.5. The Hall–Kier alpha value is -1.32. The molecule has 4 heteroatoms. The molecule has 0 aliphatic heterocycles. The fourth-order valence-electron chi connectivity index (χ4n) is 5.63. The smallest absolute Gasteiger partial charge is 0.326 e. The molecule has 128 valence electrons. The van der Waals surface area contributed by atoms with Crippen molar-refractivity contribution in [1.82, 2.24) is 4.90 Å². The maximum absolute atomic E-state index is 12.5. The number of esters is 1. The molecular weight excluding hydrogens is 290 g/mol. The number of nitrogens with zero attached hydrogens (tertiary/aromatic N) is 1. The first-order chi connectivity index (χ1) is 10.9. The monoisotopic (exact) mass is 319 g/mol. The van der Waals surface area contributed by atoms with Crippen molar-refractivity contribution in [3.05, 3.63) is 12.2 Å². The number of carbonyl (C=O) groups excluding carboxylic acids is 2. The van der Waals surface area contributed by atoms with Crippen LogP contribution >= 0.6 is 0 Å². The van der Waals surface area contributed by atoms with E-state index in [0.717, 1.165) is 18.3 Å². The van der Waals surface area contributed by atoms with Crippen molar-refractivity contribution in [3.8, 4) is 0 Å². The molecule has 23 heavy (non-hydrogen) atoms. The molecular formula is C19H29NO3. The summed E-state index contributed by atoms with van der Waals surface area (Å²) in [5, 5.41) is 0. The fraction of sp³-hybridized carbons (Fsp3) is 0.789. The molecule has 1 amide bonds. The summed E-state index contributed by atoms with van der Waals surface area (Å²) in [6.07, 6.45) is 7.15. The van der Waals surface area contributed by atoms with E-state index in [9.17, 15) is 9.59 Å². The normalized spacial score (nSPS) is 37.5. The summed E-state index contributed by atoms with van der Waals surface area (Å²) in [7, 11) is 1.63. The molecule has 0 aromatic heterocycles. The zero-order valence-electron chi connectivity index (χ0n) is 14.6. The zero-order valence-corrected chi connectivity index (χ0v) is 14.6. The van der Waals surface area contributed by atoms with Gasteiger partial charge in [0.05, 0.1) is 0 Å². The number of hydrogen-bond donors (Lipinski definition) is 0. The second-order valence-corrected chi connectivity index (χ2v) is 8.03. The van der Waals surface area contributed by atoms with E-state index < -0.39 is 0 Å². The predicted molar refractivity (Wildman–Crippen MR) is 88.6 cm³/mol. The summed E-state index contributed by atoms with van der Waals surface area (Å²) >= 11 is 0. The molecule has 4 fully saturated rings. The molecule has 4 nitrogen and oxygen atoms in total. The van der Waals surface area contributed by atoms with Crippen LogP contribution < -0.4 is 0 Å². The minimum atomic E-state index is -0.280. The Labute approximate surface area is 139 Å². The Bertz CT molecular complexity index is 497. The Morgan fingerprint density at radius 3 is 2.09 bits per heavy atom. The summed E-state index contributed by atoms with van der Waals surface area (Å²) in [4.78, 5) is 25.8. The molecule has 0 N–H and O–H groups in total. The van der Waals surface area contributed by atoms with Crippen molar-refractivity contribution in [3.63, 3.8) is 0 Å². The average Bonchev–Trinajstić information content (AvgIpc) is 2.49. The molecule has 0 saturated heterocycles. The third-order valence-electron chi connectivity index (χ3n) is 6.45. The SMILES string of the molecule is C=C(C)C(=O)N(C)CC(=O)OC1(CC)C2CC3CC(C2)CC1C3. The van der Waals surface area contributed by atoms with Crippen LogP contribution in [0, 0.1) is 23.7 Å². The van der Waals surface area contributed by atoms with Crippen molar-refractivity contribution in [2.24, 2.45) is 23.7 Å². The molecule has 0 spiro atoms. The summed E-state index contributed by atoms with van der Waals surface area (Å²) in [6.45, 7) is 7.47. The topological polar surface area (TPSA) is 46.6 Å². The van der Waals surface area contributed by atoms with Crippen LogP contribution in [0.2, 0.25) is 0 Å². The molecule has 0 atom stereocenters. The van der Waals surface area contributed by atoms with Crippen molar-refractivity contribution in [2.75, 3.05) is 13.6 Å². The highest BCUT2D eigenvalue weighted by molar-refractivity contribution is 5.94. The van der Waals surface area contributed by atoms with E-state index in [4.69, 9.17) is 4.74 Å². The lowest BCUT2D eigenvalue weighted by Gasteiger charge is -2.60. The third kappa shape index (κ3) is 2.81. The lowest BCUT2D eigenvalue weighted by Crippen LogP contribution is -2.59. The molecule has 0 unspecified atom stereocenters. The minimum absolute atomic E-state index is 0.0136. The van der Waals surface area contributed by atoms with Gasteiger partial charge < -0.3 is 9.64 Å². The second kappa shape index (κ2) is 5.95. The highest BCUT2D eigenvalue weighted by Crippen LogP contribution is 2.60. The summed E-state index contributed by atoms with van der Waals surface area (Å²) in [5.74, 6) is 2.28. The van der Waals surface area contributed by atoms with Gasteiger partial charge >= 0.3 is 5.97 Å². The Kier molecular flexibility index (Phi) is 4.28. The van der Waals surface area contributed by atoms with Gasteiger partial charge in [-0.05, 0) is 69.1 Å². The fourth-order valence-corrected chi connectivity index (χ4v) is 5.63. The Morgan fingerprint density at radius 1 is 1.13 bits per heavy atom. The second-order valence-electron chi connectivity index (χ2n) is 8.03. The van der Waals surface area contributed by atoms with E-state index >= 15 is 0 Å². The van der Waals surface area contributed by atoms with Crippen LogP contribution in [0.5, 0.6) is 0 Å². The Morgan fingerprint density at radius 2 is 1.65 bits per heavy atom. The summed E-state index contributed by atoms with van der Waals surface area (Å²) < 4.78 is 6.10. The van der Waals surface area contributed by atoms with Crippen LogP contribution in [0.25, 0.3) is 0 Å². The molecule has 0 aromatic rings. The summed E-state index contributed by atoms with van der Waals surface area (Å²) in [6, 6.07) is 0. The van der Waals surface area contributed by atoms with Crippen LogP contribution in [0.1, 0.15) is 52.4 Å². The number of hydrogen-bond acceptors (Lipinski definition) is 3. The van der Waals surface area contributed by atoms with E-state index in [1.165, 1.54) is 37.0 Å². The minimum Gasteiger partial charge on any atom is -0.457 e. The number of ether oxygens (including phenoxy) is 1. The molecule has 4 aliphatic carbocycles. The maximum atomic E-state index is 12.5. The van der Waals surface area contributed by atoms with Crippen molar-refractivity contribution < 1.29 is 14.3 Å². The van der Waals surface area contributed by atoms with E-state index in [2.05, 4.69) is 13.5 Å². The van der Waals surface area contributed by atoms with E-state index in [-0.39, 0.29) is 24.0 Å². The van der Waals surface area contributed by atoms with Crippen molar-refractivity contribution in [1.29, 1.82) is 0 Å².